The van der Waals surface area contributed by atoms with E-state index in [0.29, 0.717) is 6.10 Å². The average Bonchev–Trinajstić information content (AvgIpc) is 2.80. The lowest BCUT2D eigenvalue weighted by Gasteiger charge is -2.38. The molecule has 0 spiro atoms. The monoisotopic (exact) mass is 241 g/mol. The molecule has 0 N–H and O–H groups in total. The molecule has 0 aromatic heterocycles. The van der Waals surface area contributed by atoms with Gasteiger partial charge in [-0.1, -0.05) is 6.42 Å². The Morgan fingerprint density at radius 1 is 1.12 bits per heavy atom. The summed E-state index contributed by atoms with van der Waals surface area (Å²) in [5, 5.41) is 0. The maximum absolute atomic E-state index is 5.75. The number of hydrogen-bond donors (Lipinski definition) is 0. The third-order valence-corrected chi connectivity index (χ3v) is 4.20. The Kier molecular flexibility index (Phi) is 5.26. The molecule has 17 heavy (non-hydrogen) atoms. The summed E-state index contributed by atoms with van der Waals surface area (Å²) in [6, 6.07) is 1.45. The van der Waals surface area contributed by atoms with E-state index in [9.17, 15) is 0 Å². The SMILES string of the molecule is C[C@@H]1CCC[C@@H](C)N1CCOC[C@@H]1CCCO1. The standard InChI is InChI=1S/C14H27NO2/c1-12-5-3-6-13(2)15(12)8-10-16-11-14-7-4-9-17-14/h12-14H,3-11H2,1-2H3/t12-,13-,14+/m1/s1. The van der Waals surface area contributed by atoms with Gasteiger partial charge in [0, 0.05) is 25.2 Å². The quantitative estimate of drug-likeness (QED) is 0.690. The van der Waals surface area contributed by atoms with Crippen LogP contribution in [-0.2, 0) is 9.47 Å². The zero-order valence-corrected chi connectivity index (χ0v) is 11.4. The average molecular weight is 241 g/mol. The van der Waals surface area contributed by atoms with Crippen LogP contribution in [0.2, 0.25) is 0 Å². The van der Waals surface area contributed by atoms with Crippen LogP contribution in [-0.4, -0.2) is 49.5 Å². The zero-order valence-electron chi connectivity index (χ0n) is 11.4. The van der Waals surface area contributed by atoms with Crippen molar-refractivity contribution >= 4 is 0 Å². The van der Waals surface area contributed by atoms with E-state index >= 15 is 0 Å². The Labute approximate surface area is 105 Å². The Balaban J connectivity index is 1.59. The van der Waals surface area contributed by atoms with E-state index in [1.807, 2.05) is 0 Å². The molecule has 0 aromatic rings. The van der Waals surface area contributed by atoms with Crippen molar-refractivity contribution in [2.45, 2.75) is 64.1 Å². The molecule has 2 fully saturated rings. The van der Waals surface area contributed by atoms with Gasteiger partial charge in [-0.2, -0.15) is 0 Å². The Morgan fingerprint density at radius 3 is 2.53 bits per heavy atom. The van der Waals surface area contributed by atoms with Gasteiger partial charge in [0.15, 0.2) is 0 Å². The van der Waals surface area contributed by atoms with E-state index in [1.54, 1.807) is 0 Å². The molecule has 0 unspecified atom stereocenters. The maximum Gasteiger partial charge on any atom is 0.0809 e. The molecule has 0 radical (unpaired) electrons. The van der Waals surface area contributed by atoms with Crippen LogP contribution in [0, 0.1) is 0 Å². The van der Waals surface area contributed by atoms with E-state index in [4.69, 9.17) is 9.47 Å². The fourth-order valence-electron chi connectivity index (χ4n) is 3.08. The molecule has 0 aromatic carbocycles. The van der Waals surface area contributed by atoms with Crippen LogP contribution >= 0.6 is 0 Å². The molecule has 2 rings (SSSR count). The molecule has 0 saturated carbocycles. The molecule has 2 heterocycles. The van der Waals surface area contributed by atoms with Gasteiger partial charge in [-0.3, -0.25) is 4.90 Å². The van der Waals surface area contributed by atoms with E-state index in [1.165, 1.54) is 32.1 Å². The van der Waals surface area contributed by atoms with E-state index in [2.05, 4.69) is 18.7 Å². The molecule has 2 aliphatic rings. The van der Waals surface area contributed by atoms with Crippen molar-refractivity contribution in [1.82, 2.24) is 4.90 Å². The fourth-order valence-corrected chi connectivity index (χ4v) is 3.08. The molecule has 3 heteroatoms. The van der Waals surface area contributed by atoms with Crippen LogP contribution in [0.15, 0.2) is 0 Å². The summed E-state index contributed by atoms with van der Waals surface area (Å²) < 4.78 is 11.3. The van der Waals surface area contributed by atoms with Crippen LogP contribution < -0.4 is 0 Å². The topological polar surface area (TPSA) is 21.7 Å². The molecule has 0 bridgehead atoms. The molecule has 0 amide bonds. The Morgan fingerprint density at radius 2 is 1.88 bits per heavy atom. The number of rotatable bonds is 5. The van der Waals surface area contributed by atoms with Gasteiger partial charge in [0.05, 0.1) is 19.3 Å². The zero-order chi connectivity index (χ0) is 12.1. The van der Waals surface area contributed by atoms with Crippen LogP contribution in [0.4, 0.5) is 0 Å². The lowest BCUT2D eigenvalue weighted by Crippen LogP contribution is -2.45. The van der Waals surface area contributed by atoms with Gasteiger partial charge in [-0.15, -0.1) is 0 Å². The van der Waals surface area contributed by atoms with Crippen LogP contribution in [0.1, 0.15) is 46.0 Å². The molecule has 2 aliphatic heterocycles. The minimum absolute atomic E-state index is 0.367. The smallest absolute Gasteiger partial charge is 0.0809 e. The van der Waals surface area contributed by atoms with Crippen molar-refractivity contribution < 1.29 is 9.47 Å². The molecule has 100 valence electrons. The first-order valence-electron chi connectivity index (χ1n) is 7.22. The highest BCUT2D eigenvalue weighted by Crippen LogP contribution is 2.21. The van der Waals surface area contributed by atoms with Crippen LogP contribution in [0.25, 0.3) is 0 Å². The van der Waals surface area contributed by atoms with Crippen molar-refractivity contribution in [1.29, 1.82) is 0 Å². The second kappa shape index (κ2) is 6.72. The van der Waals surface area contributed by atoms with Gasteiger partial charge in [0.25, 0.3) is 0 Å². The first-order valence-corrected chi connectivity index (χ1v) is 7.22. The number of nitrogens with zero attached hydrogens (tertiary/aromatic N) is 1. The first-order chi connectivity index (χ1) is 8.27. The number of ether oxygens (including phenoxy) is 2. The summed E-state index contributed by atoms with van der Waals surface area (Å²) in [6.45, 7) is 8.33. The summed E-state index contributed by atoms with van der Waals surface area (Å²) in [7, 11) is 0. The first kappa shape index (κ1) is 13.3. The summed E-state index contributed by atoms with van der Waals surface area (Å²) in [4.78, 5) is 2.60. The van der Waals surface area contributed by atoms with E-state index in [-0.39, 0.29) is 0 Å². The van der Waals surface area contributed by atoms with Gasteiger partial charge in [0.1, 0.15) is 0 Å². The predicted molar refractivity (Wildman–Crippen MR) is 69.3 cm³/mol. The van der Waals surface area contributed by atoms with E-state index in [0.717, 1.165) is 38.4 Å². The molecule has 0 aliphatic carbocycles. The second-order valence-corrected chi connectivity index (χ2v) is 5.58. The molecule has 3 nitrogen and oxygen atoms in total. The molecular weight excluding hydrogens is 214 g/mol. The Bertz CT molecular complexity index is 206. The van der Waals surface area contributed by atoms with Crippen molar-refractivity contribution in [3.05, 3.63) is 0 Å². The highest BCUT2D eigenvalue weighted by Gasteiger charge is 2.24. The van der Waals surface area contributed by atoms with Crippen molar-refractivity contribution in [3.8, 4) is 0 Å². The van der Waals surface area contributed by atoms with E-state index < -0.39 is 0 Å². The normalized spacial score (nSPS) is 35.3. The molecular formula is C14H27NO2. The summed E-state index contributed by atoms with van der Waals surface area (Å²) in [6.07, 6.45) is 6.82. The van der Waals surface area contributed by atoms with Gasteiger partial charge >= 0.3 is 0 Å². The summed E-state index contributed by atoms with van der Waals surface area (Å²) in [5.41, 5.74) is 0. The Hall–Kier alpha value is -0.120. The van der Waals surface area contributed by atoms with Crippen molar-refractivity contribution in [2.75, 3.05) is 26.4 Å². The van der Waals surface area contributed by atoms with Crippen molar-refractivity contribution in [3.63, 3.8) is 0 Å². The maximum atomic E-state index is 5.75. The lowest BCUT2D eigenvalue weighted by molar-refractivity contribution is -0.00184. The third kappa shape index (κ3) is 3.94. The van der Waals surface area contributed by atoms with Gasteiger partial charge in [-0.05, 0) is 39.5 Å². The van der Waals surface area contributed by atoms with Gasteiger partial charge in [-0.25, -0.2) is 0 Å². The number of piperidine rings is 1. The molecule has 2 saturated heterocycles. The second-order valence-electron chi connectivity index (χ2n) is 5.58. The van der Waals surface area contributed by atoms with Gasteiger partial charge in [0.2, 0.25) is 0 Å². The third-order valence-electron chi connectivity index (χ3n) is 4.20. The van der Waals surface area contributed by atoms with Crippen LogP contribution in [0.3, 0.4) is 0 Å². The fraction of sp³-hybridized carbons (Fsp3) is 1.00. The minimum Gasteiger partial charge on any atom is -0.377 e. The van der Waals surface area contributed by atoms with Crippen molar-refractivity contribution in [2.24, 2.45) is 0 Å². The van der Waals surface area contributed by atoms with Crippen LogP contribution in [0.5, 0.6) is 0 Å². The highest BCUT2D eigenvalue weighted by molar-refractivity contribution is 4.79. The lowest BCUT2D eigenvalue weighted by atomic mass is 9.98. The largest absolute Gasteiger partial charge is 0.377 e. The number of likely N-dealkylation sites (tertiary alicyclic amines) is 1. The number of hydrogen-bond acceptors (Lipinski definition) is 3. The van der Waals surface area contributed by atoms with Gasteiger partial charge < -0.3 is 9.47 Å². The summed E-state index contributed by atoms with van der Waals surface area (Å²) >= 11 is 0. The summed E-state index contributed by atoms with van der Waals surface area (Å²) in [5.74, 6) is 0. The highest BCUT2D eigenvalue weighted by atomic mass is 16.5. The minimum atomic E-state index is 0.367. The predicted octanol–water partition coefficient (Wildman–Crippen LogP) is 2.44. The molecule has 3 atom stereocenters.